The third-order valence-electron chi connectivity index (χ3n) is 3.68. The summed E-state index contributed by atoms with van der Waals surface area (Å²) >= 11 is 6.22. The van der Waals surface area contributed by atoms with Gasteiger partial charge in [-0.2, -0.15) is 0 Å². The van der Waals surface area contributed by atoms with E-state index in [9.17, 15) is 13.2 Å². The first-order valence-electron chi connectivity index (χ1n) is 8.04. The molecule has 3 rings (SSSR count). The zero-order valence-corrected chi connectivity index (χ0v) is 15.7. The highest BCUT2D eigenvalue weighted by Gasteiger charge is 2.15. The van der Waals surface area contributed by atoms with Crippen LogP contribution in [-0.4, -0.2) is 27.5 Å². The van der Waals surface area contributed by atoms with Gasteiger partial charge < -0.3 is 14.8 Å². The van der Waals surface area contributed by atoms with Crippen molar-refractivity contribution in [2.75, 3.05) is 18.5 Å². The van der Waals surface area contributed by atoms with Crippen LogP contribution < -0.4 is 19.9 Å². The van der Waals surface area contributed by atoms with E-state index in [-0.39, 0.29) is 4.90 Å². The summed E-state index contributed by atoms with van der Waals surface area (Å²) in [6, 6.07) is 9.08. The smallest absolute Gasteiger partial charge is 0.248 e. The zero-order valence-electron chi connectivity index (χ0n) is 14.1. The number of carbonyl (C=O) groups is 1. The van der Waals surface area contributed by atoms with Gasteiger partial charge in [0.25, 0.3) is 0 Å². The van der Waals surface area contributed by atoms with Gasteiger partial charge in [0.1, 0.15) is 0 Å². The molecule has 0 radical (unpaired) electrons. The van der Waals surface area contributed by atoms with Crippen LogP contribution in [0.4, 0.5) is 5.69 Å². The van der Waals surface area contributed by atoms with E-state index in [0.717, 1.165) is 6.42 Å². The standard InChI is InChI=1S/C18H17ClN2O5S/c19-15-9-12(10-16-18(15)26-8-2-7-25-16)5-6-17(22)21-13-3-1-4-14(11-13)27(20,23)24/h1,3-6,9-11H,2,7-8H2,(H,21,22)(H2,20,23,24)/b6-5+. The second-order valence-electron chi connectivity index (χ2n) is 5.78. The minimum Gasteiger partial charge on any atom is -0.489 e. The predicted octanol–water partition coefficient (Wildman–Crippen LogP) is 2.80. The van der Waals surface area contributed by atoms with E-state index in [2.05, 4.69) is 5.32 Å². The van der Waals surface area contributed by atoms with Gasteiger partial charge in [-0.15, -0.1) is 0 Å². The molecule has 2 aromatic carbocycles. The van der Waals surface area contributed by atoms with Crippen molar-refractivity contribution in [3.63, 3.8) is 0 Å². The van der Waals surface area contributed by atoms with Crippen LogP contribution in [0.1, 0.15) is 12.0 Å². The Kier molecular flexibility index (Phi) is 5.69. The number of primary sulfonamides is 1. The molecule has 3 N–H and O–H groups in total. The van der Waals surface area contributed by atoms with Gasteiger partial charge in [-0.1, -0.05) is 17.7 Å². The summed E-state index contributed by atoms with van der Waals surface area (Å²) in [4.78, 5) is 12.0. The monoisotopic (exact) mass is 408 g/mol. The molecular weight excluding hydrogens is 392 g/mol. The van der Waals surface area contributed by atoms with E-state index in [1.165, 1.54) is 24.3 Å². The molecule has 27 heavy (non-hydrogen) atoms. The number of benzene rings is 2. The molecule has 0 atom stereocenters. The van der Waals surface area contributed by atoms with Gasteiger partial charge in [0, 0.05) is 18.2 Å². The molecule has 0 bridgehead atoms. The molecule has 1 heterocycles. The fourth-order valence-electron chi connectivity index (χ4n) is 2.45. The Balaban J connectivity index is 1.74. The highest BCUT2D eigenvalue weighted by Crippen LogP contribution is 2.38. The average Bonchev–Trinajstić information content (AvgIpc) is 2.85. The number of carbonyl (C=O) groups excluding carboxylic acids is 1. The lowest BCUT2D eigenvalue weighted by atomic mass is 10.2. The summed E-state index contributed by atoms with van der Waals surface area (Å²) in [6.45, 7) is 1.05. The van der Waals surface area contributed by atoms with E-state index < -0.39 is 15.9 Å². The van der Waals surface area contributed by atoms with Crippen LogP contribution in [0.5, 0.6) is 11.5 Å². The number of halogens is 1. The van der Waals surface area contributed by atoms with Crippen LogP contribution in [0.25, 0.3) is 6.08 Å². The van der Waals surface area contributed by atoms with Gasteiger partial charge in [0.15, 0.2) is 11.5 Å². The van der Waals surface area contributed by atoms with Crippen molar-refractivity contribution in [2.24, 2.45) is 5.14 Å². The molecule has 0 aliphatic carbocycles. The maximum absolute atomic E-state index is 12.1. The van der Waals surface area contributed by atoms with Crippen LogP contribution >= 0.6 is 11.6 Å². The number of rotatable bonds is 4. The first-order valence-corrected chi connectivity index (χ1v) is 9.96. The van der Waals surface area contributed by atoms with Crippen LogP contribution in [0.3, 0.4) is 0 Å². The van der Waals surface area contributed by atoms with Gasteiger partial charge in [-0.25, -0.2) is 13.6 Å². The molecule has 2 aromatic rings. The highest BCUT2D eigenvalue weighted by molar-refractivity contribution is 7.89. The number of anilines is 1. The number of fused-ring (bicyclic) bond motifs is 1. The summed E-state index contributed by atoms with van der Waals surface area (Å²) < 4.78 is 33.9. The van der Waals surface area contributed by atoms with Crippen LogP contribution in [0, 0.1) is 0 Å². The molecule has 142 valence electrons. The van der Waals surface area contributed by atoms with Gasteiger partial charge in [0.05, 0.1) is 23.1 Å². The summed E-state index contributed by atoms with van der Waals surface area (Å²) in [7, 11) is -3.84. The van der Waals surface area contributed by atoms with Crippen molar-refractivity contribution in [3.05, 3.63) is 53.1 Å². The summed E-state index contributed by atoms with van der Waals surface area (Å²) in [5.41, 5.74) is 0.977. The maximum atomic E-state index is 12.1. The molecule has 0 aromatic heterocycles. The Labute approximate surface area is 161 Å². The fourth-order valence-corrected chi connectivity index (χ4v) is 3.29. The van der Waals surface area contributed by atoms with Gasteiger partial charge >= 0.3 is 0 Å². The summed E-state index contributed by atoms with van der Waals surface area (Å²) in [5.74, 6) is 0.585. The molecule has 7 nitrogen and oxygen atoms in total. The van der Waals surface area contributed by atoms with E-state index in [1.54, 1.807) is 24.3 Å². The number of hydrogen-bond donors (Lipinski definition) is 2. The third kappa shape index (κ3) is 5.00. The van der Waals surface area contributed by atoms with Gasteiger partial charge in [-0.3, -0.25) is 4.79 Å². The van der Waals surface area contributed by atoms with Crippen LogP contribution in [-0.2, 0) is 14.8 Å². The van der Waals surface area contributed by atoms with Crippen LogP contribution in [0.15, 0.2) is 47.4 Å². The topological polar surface area (TPSA) is 108 Å². The molecule has 9 heteroatoms. The zero-order chi connectivity index (χ0) is 19.4. The number of sulfonamides is 1. The molecule has 1 amide bonds. The average molecular weight is 409 g/mol. The lowest BCUT2D eigenvalue weighted by Crippen LogP contribution is -2.13. The lowest BCUT2D eigenvalue weighted by molar-refractivity contribution is -0.111. The van der Waals surface area contributed by atoms with Crippen molar-refractivity contribution in [1.82, 2.24) is 0 Å². The minimum absolute atomic E-state index is 0.0843. The SMILES string of the molecule is NS(=O)(=O)c1cccc(NC(=O)/C=C/c2cc(Cl)c3c(c2)OCCCO3)c1. The Bertz CT molecular complexity index is 1000. The molecule has 0 saturated heterocycles. The number of hydrogen-bond acceptors (Lipinski definition) is 5. The van der Waals surface area contributed by atoms with Crippen molar-refractivity contribution >= 4 is 39.3 Å². The first kappa shape index (κ1) is 19.2. The minimum atomic E-state index is -3.84. The summed E-state index contributed by atoms with van der Waals surface area (Å²) in [6.07, 6.45) is 3.63. The second-order valence-corrected chi connectivity index (χ2v) is 7.74. The molecule has 0 unspecified atom stereocenters. The van der Waals surface area contributed by atoms with Crippen LogP contribution in [0.2, 0.25) is 5.02 Å². The first-order chi connectivity index (χ1) is 12.8. The number of nitrogens with one attached hydrogen (secondary N) is 1. The second kappa shape index (κ2) is 7.99. The molecule has 1 aliphatic rings. The molecule has 0 fully saturated rings. The maximum Gasteiger partial charge on any atom is 0.248 e. The molecular formula is C18H17ClN2O5S. The summed E-state index contributed by atoms with van der Waals surface area (Å²) in [5, 5.41) is 8.06. The molecule has 1 aliphatic heterocycles. The van der Waals surface area contributed by atoms with E-state index >= 15 is 0 Å². The van der Waals surface area contributed by atoms with E-state index in [4.69, 9.17) is 26.2 Å². The Morgan fingerprint density at radius 1 is 1.19 bits per heavy atom. The number of ether oxygens (including phenoxy) is 2. The lowest BCUT2D eigenvalue weighted by Gasteiger charge is -2.10. The van der Waals surface area contributed by atoms with Crippen molar-refractivity contribution < 1.29 is 22.7 Å². The number of amides is 1. The Morgan fingerprint density at radius 2 is 1.96 bits per heavy atom. The van der Waals surface area contributed by atoms with E-state index in [1.807, 2.05) is 0 Å². The Morgan fingerprint density at radius 3 is 2.74 bits per heavy atom. The molecule has 0 spiro atoms. The normalized spacial score (nSPS) is 14.0. The van der Waals surface area contributed by atoms with E-state index in [0.29, 0.717) is 41.0 Å². The van der Waals surface area contributed by atoms with Gasteiger partial charge in [-0.05, 0) is 42.0 Å². The van der Waals surface area contributed by atoms with Crippen molar-refractivity contribution in [3.8, 4) is 11.5 Å². The van der Waals surface area contributed by atoms with Crippen molar-refractivity contribution in [1.29, 1.82) is 0 Å². The predicted molar refractivity (Wildman–Crippen MR) is 103 cm³/mol. The molecule has 0 saturated carbocycles. The largest absolute Gasteiger partial charge is 0.489 e. The Hall–Kier alpha value is -2.55. The number of nitrogens with two attached hydrogens (primary N) is 1. The fraction of sp³-hybridized carbons (Fsp3) is 0.167. The third-order valence-corrected chi connectivity index (χ3v) is 4.87. The quantitative estimate of drug-likeness (QED) is 0.756. The highest BCUT2D eigenvalue weighted by atomic mass is 35.5. The van der Waals surface area contributed by atoms with Gasteiger partial charge in [0.2, 0.25) is 15.9 Å². The van der Waals surface area contributed by atoms with Crippen molar-refractivity contribution in [2.45, 2.75) is 11.3 Å².